The van der Waals surface area contributed by atoms with Crippen LogP contribution in [-0.4, -0.2) is 72.4 Å². The SMILES string of the molecule is COc1cc(O)c(F)c(N2Cc3cnc4[nH]c(C(=O)N5CCOCC5)cc4c3N(C)C2=O)c1F. The number of pyridine rings is 1. The zero-order valence-electron chi connectivity index (χ0n) is 18.4. The van der Waals surface area contributed by atoms with Crippen LogP contribution in [0.3, 0.4) is 0 Å². The second kappa shape index (κ2) is 8.13. The summed E-state index contributed by atoms with van der Waals surface area (Å²) in [6.07, 6.45) is 1.48. The van der Waals surface area contributed by atoms with Crippen LogP contribution >= 0.6 is 0 Å². The molecule has 1 saturated heterocycles. The van der Waals surface area contributed by atoms with E-state index in [1.807, 2.05) is 0 Å². The fourth-order valence-corrected chi connectivity index (χ4v) is 4.33. The van der Waals surface area contributed by atoms with Crippen LogP contribution in [0.4, 0.5) is 25.0 Å². The van der Waals surface area contributed by atoms with Gasteiger partial charge in [0, 0.05) is 43.4 Å². The van der Waals surface area contributed by atoms with E-state index in [-0.39, 0.29) is 12.5 Å². The van der Waals surface area contributed by atoms with E-state index in [1.165, 1.54) is 25.3 Å². The highest BCUT2D eigenvalue weighted by Crippen LogP contribution is 2.41. The van der Waals surface area contributed by atoms with Crippen LogP contribution in [0.1, 0.15) is 16.1 Å². The van der Waals surface area contributed by atoms with E-state index in [0.29, 0.717) is 54.3 Å². The quantitative estimate of drug-likeness (QED) is 0.605. The lowest BCUT2D eigenvalue weighted by Gasteiger charge is -2.35. The van der Waals surface area contributed by atoms with E-state index in [1.54, 1.807) is 11.0 Å². The zero-order chi connectivity index (χ0) is 24.1. The molecule has 178 valence electrons. The van der Waals surface area contributed by atoms with Gasteiger partial charge in [-0.15, -0.1) is 0 Å². The predicted molar refractivity (Wildman–Crippen MR) is 117 cm³/mol. The maximum absolute atomic E-state index is 14.9. The molecule has 12 heteroatoms. The maximum atomic E-state index is 14.9. The predicted octanol–water partition coefficient (Wildman–Crippen LogP) is 2.60. The molecular formula is C22H21F2N5O5. The third-order valence-corrected chi connectivity index (χ3v) is 6.03. The molecule has 10 nitrogen and oxygen atoms in total. The minimum absolute atomic E-state index is 0.209. The van der Waals surface area contributed by atoms with Crippen molar-refractivity contribution in [3.63, 3.8) is 0 Å². The van der Waals surface area contributed by atoms with Crippen LogP contribution in [-0.2, 0) is 11.3 Å². The Balaban J connectivity index is 1.57. The van der Waals surface area contributed by atoms with Crippen molar-refractivity contribution in [2.24, 2.45) is 0 Å². The van der Waals surface area contributed by atoms with Gasteiger partial charge in [0.2, 0.25) is 0 Å². The molecule has 5 rings (SSSR count). The minimum Gasteiger partial charge on any atom is -0.505 e. The number of hydrogen-bond acceptors (Lipinski definition) is 6. The number of morpholine rings is 1. The molecule has 1 aromatic carbocycles. The van der Waals surface area contributed by atoms with Gasteiger partial charge >= 0.3 is 6.03 Å². The fraction of sp³-hybridized carbons (Fsp3) is 0.318. The average molecular weight is 473 g/mol. The molecule has 0 unspecified atom stereocenters. The van der Waals surface area contributed by atoms with Gasteiger partial charge < -0.3 is 24.5 Å². The number of aromatic hydroxyl groups is 1. The first-order valence-corrected chi connectivity index (χ1v) is 10.5. The number of aromatic nitrogens is 2. The summed E-state index contributed by atoms with van der Waals surface area (Å²) in [6.45, 7) is 1.65. The highest BCUT2D eigenvalue weighted by molar-refractivity contribution is 6.12. The number of phenolic OH excluding ortho intramolecular Hbond substituents is 1. The molecule has 0 atom stereocenters. The van der Waals surface area contributed by atoms with Gasteiger partial charge in [-0.25, -0.2) is 18.6 Å². The Labute approximate surface area is 192 Å². The molecular weight excluding hydrogens is 452 g/mol. The summed E-state index contributed by atoms with van der Waals surface area (Å²) in [5.41, 5.74) is 0.962. The molecule has 2 aromatic heterocycles. The van der Waals surface area contributed by atoms with Crippen LogP contribution in [0, 0.1) is 11.6 Å². The van der Waals surface area contributed by atoms with Crippen LogP contribution in [0.25, 0.3) is 11.0 Å². The number of benzene rings is 1. The van der Waals surface area contributed by atoms with Gasteiger partial charge in [0.1, 0.15) is 17.0 Å². The van der Waals surface area contributed by atoms with E-state index in [0.717, 1.165) is 11.0 Å². The van der Waals surface area contributed by atoms with E-state index in [4.69, 9.17) is 9.47 Å². The summed E-state index contributed by atoms with van der Waals surface area (Å²) in [6, 6.07) is 1.70. The van der Waals surface area contributed by atoms with Crippen molar-refractivity contribution in [1.82, 2.24) is 14.9 Å². The smallest absolute Gasteiger partial charge is 0.329 e. The first kappa shape index (κ1) is 21.9. The van der Waals surface area contributed by atoms with Crippen molar-refractivity contribution in [2.75, 3.05) is 50.3 Å². The van der Waals surface area contributed by atoms with E-state index < -0.39 is 34.9 Å². The van der Waals surface area contributed by atoms with Crippen molar-refractivity contribution in [1.29, 1.82) is 0 Å². The number of phenols is 1. The summed E-state index contributed by atoms with van der Waals surface area (Å²) in [7, 11) is 2.63. The highest BCUT2D eigenvalue weighted by atomic mass is 19.1. The number of hydrogen-bond donors (Lipinski definition) is 2. The number of nitrogens with one attached hydrogen (secondary N) is 1. The number of aromatic amines is 1. The van der Waals surface area contributed by atoms with E-state index in [2.05, 4.69) is 9.97 Å². The molecule has 3 aromatic rings. The number of nitrogens with zero attached hydrogens (tertiary/aromatic N) is 4. The minimum atomic E-state index is -1.28. The first-order chi connectivity index (χ1) is 16.3. The Kier molecular flexibility index (Phi) is 5.24. The van der Waals surface area contributed by atoms with Crippen molar-refractivity contribution in [2.45, 2.75) is 6.54 Å². The number of methoxy groups -OCH3 is 1. The van der Waals surface area contributed by atoms with Crippen molar-refractivity contribution in [3.05, 3.63) is 41.2 Å². The molecule has 2 aliphatic heterocycles. The number of amides is 3. The van der Waals surface area contributed by atoms with Gasteiger partial charge in [-0.1, -0.05) is 0 Å². The molecule has 3 amide bonds. The Morgan fingerprint density at radius 3 is 2.65 bits per heavy atom. The topological polar surface area (TPSA) is 111 Å². The normalized spacial score (nSPS) is 16.2. The third kappa shape index (κ3) is 3.29. The summed E-state index contributed by atoms with van der Waals surface area (Å²) in [5, 5.41) is 10.4. The number of H-pyrrole nitrogens is 1. The largest absolute Gasteiger partial charge is 0.505 e. The summed E-state index contributed by atoms with van der Waals surface area (Å²) < 4.78 is 39.8. The number of ether oxygens (including phenoxy) is 2. The van der Waals surface area contributed by atoms with Crippen molar-refractivity contribution >= 4 is 34.3 Å². The van der Waals surface area contributed by atoms with Crippen molar-refractivity contribution in [3.8, 4) is 11.5 Å². The Morgan fingerprint density at radius 2 is 1.94 bits per heavy atom. The van der Waals surface area contributed by atoms with Crippen LogP contribution in [0.5, 0.6) is 11.5 Å². The zero-order valence-corrected chi connectivity index (χ0v) is 18.4. The van der Waals surface area contributed by atoms with Crippen LogP contribution in [0.15, 0.2) is 18.3 Å². The number of halogens is 2. The summed E-state index contributed by atoms with van der Waals surface area (Å²) >= 11 is 0. The lowest BCUT2D eigenvalue weighted by atomic mass is 10.1. The summed E-state index contributed by atoms with van der Waals surface area (Å²) in [4.78, 5) is 37.2. The molecule has 0 spiro atoms. The monoisotopic (exact) mass is 473 g/mol. The second-order valence-electron chi connectivity index (χ2n) is 7.98. The lowest BCUT2D eigenvalue weighted by Crippen LogP contribution is -2.46. The third-order valence-electron chi connectivity index (χ3n) is 6.03. The highest BCUT2D eigenvalue weighted by Gasteiger charge is 2.36. The molecule has 0 radical (unpaired) electrons. The van der Waals surface area contributed by atoms with Gasteiger partial charge in [-0.05, 0) is 6.07 Å². The van der Waals surface area contributed by atoms with Crippen molar-refractivity contribution < 1.29 is 33.0 Å². The number of carbonyl (C=O) groups is 2. The van der Waals surface area contributed by atoms with Gasteiger partial charge in [0.05, 0.1) is 32.6 Å². The van der Waals surface area contributed by atoms with Crippen LogP contribution in [0.2, 0.25) is 0 Å². The Hall–Kier alpha value is -3.93. The molecule has 2 aliphatic rings. The van der Waals surface area contributed by atoms with Gasteiger partial charge in [0.25, 0.3) is 5.91 Å². The number of anilines is 2. The molecule has 34 heavy (non-hydrogen) atoms. The first-order valence-electron chi connectivity index (χ1n) is 10.5. The standard InChI is InChI=1S/C22H21F2N5O5/c1-27-18-11(10-29(22(27)32)19-16(23)14(30)8-15(33-2)17(19)24)9-25-20-12(18)7-13(26-20)21(31)28-3-5-34-6-4-28/h7-9,30H,3-6,10H2,1-2H3,(H,25,26). The molecule has 0 bridgehead atoms. The van der Waals surface area contributed by atoms with Gasteiger partial charge in [-0.3, -0.25) is 14.6 Å². The maximum Gasteiger partial charge on any atom is 0.329 e. The number of fused-ring (bicyclic) bond motifs is 3. The molecule has 0 saturated carbocycles. The molecule has 4 heterocycles. The molecule has 0 aliphatic carbocycles. The number of carbonyl (C=O) groups excluding carboxylic acids is 2. The number of rotatable bonds is 3. The van der Waals surface area contributed by atoms with Crippen LogP contribution < -0.4 is 14.5 Å². The Bertz CT molecular complexity index is 1320. The second-order valence-corrected chi connectivity index (χ2v) is 7.98. The number of urea groups is 1. The fourth-order valence-electron chi connectivity index (χ4n) is 4.33. The Morgan fingerprint density at radius 1 is 1.21 bits per heavy atom. The van der Waals surface area contributed by atoms with E-state index in [9.17, 15) is 23.5 Å². The van der Waals surface area contributed by atoms with E-state index >= 15 is 0 Å². The van der Waals surface area contributed by atoms with Gasteiger partial charge in [0.15, 0.2) is 23.1 Å². The summed E-state index contributed by atoms with van der Waals surface area (Å²) in [5.74, 6) is -3.85. The average Bonchev–Trinajstić information content (AvgIpc) is 3.28. The van der Waals surface area contributed by atoms with Gasteiger partial charge in [-0.2, -0.15) is 0 Å². The molecule has 2 N–H and O–H groups in total. The lowest BCUT2D eigenvalue weighted by molar-refractivity contribution is 0.0299. The molecule has 1 fully saturated rings.